The Kier molecular flexibility index (Phi) is 7.82. The van der Waals surface area contributed by atoms with Crippen LogP contribution in [0.3, 0.4) is 0 Å². The fourth-order valence-electron chi connectivity index (χ4n) is 2.16. The van der Waals surface area contributed by atoms with Crippen LogP contribution in [0.15, 0.2) is 0 Å². The summed E-state index contributed by atoms with van der Waals surface area (Å²) in [6.07, 6.45) is 1.65. The van der Waals surface area contributed by atoms with Crippen LogP contribution >= 0.6 is 0 Å². The SMILES string of the molecule is CCCCCCCOC1OC(CO)C(O)C(O)C1N. The molecule has 0 spiro atoms. The van der Waals surface area contributed by atoms with E-state index in [2.05, 4.69) is 6.92 Å². The van der Waals surface area contributed by atoms with Crippen LogP contribution < -0.4 is 5.73 Å². The number of aliphatic hydroxyl groups excluding tert-OH is 3. The molecule has 5 unspecified atom stereocenters. The quantitative estimate of drug-likeness (QED) is 0.456. The predicted octanol–water partition coefficient (Wildman–Crippen LogP) is -0.260. The van der Waals surface area contributed by atoms with E-state index in [0.717, 1.165) is 12.8 Å². The fourth-order valence-corrected chi connectivity index (χ4v) is 2.16. The first kappa shape index (κ1) is 16.8. The smallest absolute Gasteiger partial charge is 0.175 e. The second kappa shape index (κ2) is 8.84. The molecule has 5 N–H and O–H groups in total. The van der Waals surface area contributed by atoms with Crippen LogP contribution in [-0.2, 0) is 9.47 Å². The Morgan fingerprint density at radius 3 is 2.42 bits per heavy atom. The number of ether oxygens (including phenoxy) is 2. The summed E-state index contributed by atoms with van der Waals surface area (Å²) in [6, 6.07) is -0.798. The summed E-state index contributed by atoms with van der Waals surface area (Å²) in [5, 5.41) is 28.4. The molecular formula is C13H27NO5. The Balaban J connectivity index is 2.28. The molecule has 19 heavy (non-hydrogen) atoms. The summed E-state index contributed by atoms with van der Waals surface area (Å²) < 4.78 is 10.8. The van der Waals surface area contributed by atoms with E-state index in [1.807, 2.05) is 0 Å². The molecule has 0 saturated carbocycles. The third-order valence-corrected chi connectivity index (χ3v) is 3.46. The number of nitrogens with two attached hydrogens (primary N) is 1. The Bertz CT molecular complexity index is 239. The molecule has 0 aromatic rings. The van der Waals surface area contributed by atoms with Crippen LogP contribution in [0.2, 0.25) is 0 Å². The maximum Gasteiger partial charge on any atom is 0.175 e. The fraction of sp³-hybridized carbons (Fsp3) is 1.00. The Morgan fingerprint density at radius 1 is 1.11 bits per heavy atom. The maximum absolute atomic E-state index is 9.74. The first-order valence-electron chi connectivity index (χ1n) is 7.11. The van der Waals surface area contributed by atoms with Gasteiger partial charge in [0, 0.05) is 6.61 Å². The van der Waals surface area contributed by atoms with Crippen molar-refractivity contribution < 1.29 is 24.8 Å². The van der Waals surface area contributed by atoms with Crippen LogP contribution in [0.1, 0.15) is 39.0 Å². The van der Waals surface area contributed by atoms with Gasteiger partial charge in [-0.2, -0.15) is 0 Å². The highest BCUT2D eigenvalue weighted by atomic mass is 16.7. The second-order valence-electron chi connectivity index (χ2n) is 5.07. The average Bonchev–Trinajstić information content (AvgIpc) is 2.42. The van der Waals surface area contributed by atoms with Crippen molar-refractivity contribution in [1.82, 2.24) is 0 Å². The summed E-state index contributed by atoms with van der Waals surface area (Å²) >= 11 is 0. The molecule has 1 rings (SSSR count). The minimum atomic E-state index is -1.18. The summed E-state index contributed by atoms with van der Waals surface area (Å²) in [7, 11) is 0. The van der Waals surface area contributed by atoms with E-state index < -0.39 is 30.6 Å². The van der Waals surface area contributed by atoms with Gasteiger partial charge in [0.15, 0.2) is 6.29 Å². The van der Waals surface area contributed by atoms with Crippen molar-refractivity contribution in [2.45, 2.75) is 69.7 Å². The number of hydrogen-bond donors (Lipinski definition) is 4. The molecule has 0 aromatic carbocycles. The first-order valence-corrected chi connectivity index (χ1v) is 7.11. The number of rotatable bonds is 8. The van der Waals surface area contributed by atoms with Crippen LogP contribution in [0.5, 0.6) is 0 Å². The van der Waals surface area contributed by atoms with Gasteiger partial charge in [0.05, 0.1) is 12.6 Å². The summed E-state index contributed by atoms with van der Waals surface area (Å²) in [4.78, 5) is 0. The van der Waals surface area contributed by atoms with Crippen LogP contribution in [0.25, 0.3) is 0 Å². The molecule has 0 bridgehead atoms. The van der Waals surface area contributed by atoms with E-state index in [1.54, 1.807) is 0 Å². The molecule has 1 saturated heterocycles. The van der Waals surface area contributed by atoms with Gasteiger partial charge in [-0.1, -0.05) is 32.6 Å². The van der Waals surface area contributed by atoms with Crippen molar-refractivity contribution in [1.29, 1.82) is 0 Å². The van der Waals surface area contributed by atoms with E-state index in [9.17, 15) is 10.2 Å². The van der Waals surface area contributed by atoms with E-state index in [1.165, 1.54) is 19.3 Å². The van der Waals surface area contributed by atoms with Gasteiger partial charge in [0.2, 0.25) is 0 Å². The Morgan fingerprint density at radius 2 is 1.79 bits per heavy atom. The van der Waals surface area contributed by atoms with Gasteiger partial charge in [-0.15, -0.1) is 0 Å². The number of unbranched alkanes of at least 4 members (excludes halogenated alkanes) is 4. The largest absolute Gasteiger partial charge is 0.394 e. The van der Waals surface area contributed by atoms with Crippen LogP contribution in [-0.4, -0.2) is 59.2 Å². The zero-order valence-corrected chi connectivity index (χ0v) is 11.6. The lowest BCUT2D eigenvalue weighted by atomic mass is 9.98. The van der Waals surface area contributed by atoms with Crippen molar-refractivity contribution in [3.8, 4) is 0 Å². The molecule has 0 aliphatic carbocycles. The molecule has 114 valence electrons. The molecule has 0 aromatic heterocycles. The molecule has 1 aliphatic rings. The van der Waals surface area contributed by atoms with E-state index in [0.29, 0.717) is 6.61 Å². The zero-order valence-electron chi connectivity index (χ0n) is 11.6. The van der Waals surface area contributed by atoms with Gasteiger partial charge in [-0.3, -0.25) is 0 Å². The highest BCUT2D eigenvalue weighted by Gasteiger charge is 2.42. The first-order chi connectivity index (χ1) is 9.11. The van der Waals surface area contributed by atoms with Crippen LogP contribution in [0, 0.1) is 0 Å². The molecule has 6 nitrogen and oxygen atoms in total. The second-order valence-corrected chi connectivity index (χ2v) is 5.07. The molecule has 1 heterocycles. The van der Waals surface area contributed by atoms with E-state index in [-0.39, 0.29) is 6.61 Å². The topological polar surface area (TPSA) is 105 Å². The third-order valence-electron chi connectivity index (χ3n) is 3.46. The van der Waals surface area contributed by atoms with Gasteiger partial charge in [0.25, 0.3) is 0 Å². The number of aliphatic hydroxyl groups is 3. The van der Waals surface area contributed by atoms with Gasteiger partial charge >= 0.3 is 0 Å². The number of hydrogen-bond acceptors (Lipinski definition) is 6. The predicted molar refractivity (Wildman–Crippen MR) is 70.4 cm³/mol. The third kappa shape index (κ3) is 4.98. The molecule has 0 amide bonds. The lowest BCUT2D eigenvalue weighted by Crippen LogP contribution is -2.62. The molecule has 6 heteroatoms. The maximum atomic E-state index is 9.74. The van der Waals surface area contributed by atoms with Crippen molar-refractivity contribution in [2.75, 3.05) is 13.2 Å². The van der Waals surface area contributed by atoms with Gasteiger partial charge in [0.1, 0.15) is 18.3 Å². The standard InChI is InChI=1S/C13H27NO5/c1-2-3-4-5-6-7-18-13-10(14)12(17)11(16)9(8-15)19-13/h9-13,15-17H,2-8,14H2,1H3. The highest BCUT2D eigenvalue weighted by Crippen LogP contribution is 2.20. The van der Waals surface area contributed by atoms with Gasteiger partial charge in [-0.05, 0) is 6.42 Å². The summed E-state index contributed by atoms with van der Waals surface area (Å²) in [6.45, 7) is 2.29. The van der Waals surface area contributed by atoms with E-state index >= 15 is 0 Å². The molecule has 0 radical (unpaired) electrons. The normalized spacial score (nSPS) is 35.5. The monoisotopic (exact) mass is 277 g/mol. The van der Waals surface area contributed by atoms with Crippen molar-refractivity contribution in [3.63, 3.8) is 0 Å². The molecule has 5 atom stereocenters. The zero-order chi connectivity index (χ0) is 14.3. The lowest BCUT2D eigenvalue weighted by Gasteiger charge is -2.40. The van der Waals surface area contributed by atoms with Crippen molar-refractivity contribution in [2.24, 2.45) is 5.73 Å². The summed E-state index contributed by atoms with van der Waals surface area (Å²) in [5.74, 6) is 0. The highest BCUT2D eigenvalue weighted by molar-refractivity contribution is 4.91. The lowest BCUT2D eigenvalue weighted by molar-refractivity contribution is -0.265. The molecule has 1 aliphatic heterocycles. The minimum absolute atomic E-state index is 0.374. The van der Waals surface area contributed by atoms with Crippen LogP contribution in [0.4, 0.5) is 0 Å². The van der Waals surface area contributed by atoms with Crippen molar-refractivity contribution >= 4 is 0 Å². The minimum Gasteiger partial charge on any atom is -0.394 e. The Labute approximate surface area is 114 Å². The molecule has 1 fully saturated rings. The van der Waals surface area contributed by atoms with Gasteiger partial charge in [-0.25, -0.2) is 0 Å². The Hall–Kier alpha value is -0.240. The summed E-state index contributed by atoms with van der Waals surface area (Å²) in [5.41, 5.74) is 5.75. The van der Waals surface area contributed by atoms with E-state index in [4.69, 9.17) is 20.3 Å². The van der Waals surface area contributed by atoms with Crippen molar-refractivity contribution in [3.05, 3.63) is 0 Å². The average molecular weight is 277 g/mol. The molecular weight excluding hydrogens is 250 g/mol. The van der Waals surface area contributed by atoms with Gasteiger partial charge < -0.3 is 30.5 Å².